The zero-order valence-corrected chi connectivity index (χ0v) is 11.2. The number of fused-ring (bicyclic) bond motifs is 1. The van der Waals surface area contributed by atoms with Crippen LogP contribution in [-0.4, -0.2) is 37.2 Å². The smallest absolute Gasteiger partial charge is 0.220 e. The van der Waals surface area contributed by atoms with Gasteiger partial charge < -0.3 is 14.8 Å². The molecule has 1 aromatic carbocycles. The van der Waals surface area contributed by atoms with Crippen LogP contribution in [0.15, 0.2) is 24.3 Å². The predicted octanol–water partition coefficient (Wildman–Crippen LogP) is 1.70. The first-order valence-electron chi connectivity index (χ1n) is 5.93. The maximum Gasteiger partial charge on any atom is 0.220 e. The van der Waals surface area contributed by atoms with Gasteiger partial charge in [-0.15, -0.1) is 0 Å². The van der Waals surface area contributed by atoms with Crippen molar-refractivity contribution >= 4 is 17.7 Å². The van der Waals surface area contributed by atoms with Gasteiger partial charge in [-0.3, -0.25) is 4.79 Å². The minimum Gasteiger partial charge on any atom is -0.486 e. The number of para-hydroxylation sites is 2. The third-order valence-corrected chi connectivity index (χ3v) is 3.24. The number of carbonyl (C=O) groups excluding carboxylic acids is 1. The Bertz CT molecular complexity index is 411. The van der Waals surface area contributed by atoms with Crippen LogP contribution in [-0.2, 0) is 4.79 Å². The van der Waals surface area contributed by atoms with E-state index >= 15 is 0 Å². The minimum absolute atomic E-state index is 0.0619. The molecular formula is C13H17NO3S. The molecule has 1 aliphatic heterocycles. The molecule has 4 nitrogen and oxygen atoms in total. The van der Waals surface area contributed by atoms with E-state index in [9.17, 15) is 4.79 Å². The van der Waals surface area contributed by atoms with Crippen molar-refractivity contribution in [2.24, 2.45) is 0 Å². The second-order valence-corrected chi connectivity index (χ2v) is 5.03. The lowest BCUT2D eigenvalue weighted by molar-refractivity contribution is -0.121. The standard InChI is InChI=1S/C13H17NO3S/c1-18-7-6-13(15)14-8-10-9-16-11-4-2-3-5-12(11)17-10/h2-5,10H,6-9H2,1H3,(H,14,15). The van der Waals surface area contributed by atoms with E-state index in [-0.39, 0.29) is 12.0 Å². The summed E-state index contributed by atoms with van der Waals surface area (Å²) in [4.78, 5) is 11.5. The van der Waals surface area contributed by atoms with Crippen LogP contribution in [0.1, 0.15) is 6.42 Å². The van der Waals surface area contributed by atoms with Gasteiger partial charge in [-0.25, -0.2) is 0 Å². The van der Waals surface area contributed by atoms with Crippen molar-refractivity contribution in [1.82, 2.24) is 5.32 Å². The summed E-state index contributed by atoms with van der Waals surface area (Å²) in [5.41, 5.74) is 0. The van der Waals surface area contributed by atoms with Crippen LogP contribution in [0.5, 0.6) is 11.5 Å². The molecule has 0 aromatic heterocycles. The molecule has 2 rings (SSSR count). The van der Waals surface area contributed by atoms with Gasteiger partial charge in [0.2, 0.25) is 5.91 Å². The fourth-order valence-corrected chi connectivity index (χ4v) is 2.06. The summed E-state index contributed by atoms with van der Waals surface area (Å²) in [5.74, 6) is 2.41. The number of rotatable bonds is 5. The largest absolute Gasteiger partial charge is 0.486 e. The summed E-state index contributed by atoms with van der Waals surface area (Å²) in [6, 6.07) is 7.56. The lowest BCUT2D eigenvalue weighted by Gasteiger charge is -2.26. The number of benzene rings is 1. The van der Waals surface area contributed by atoms with Crippen molar-refractivity contribution in [1.29, 1.82) is 0 Å². The Hall–Kier alpha value is -1.36. The first kappa shape index (κ1) is 13.1. The summed E-state index contributed by atoms with van der Waals surface area (Å²) in [6.45, 7) is 0.960. The van der Waals surface area contributed by atoms with Crippen molar-refractivity contribution < 1.29 is 14.3 Å². The van der Waals surface area contributed by atoms with Gasteiger partial charge in [0.05, 0.1) is 6.54 Å². The molecule has 0 saturated carbocycles. The maximum atomic E-state index is 11.5. The van der Waals surface area contributed by atoms with E-state index in [1.54, 1.807) is 11.8 Å². The van der Waals surface area contributed by atoms with Crippen LogP contribution in [0.25, 0.3) is 0 Å². The summed E-state index contributed by atoms with van der Waals surface area (Å²) < 4.78 is 11.3. The molecule has 98 valence electrons. The molecule has 1 unspecified atom stereocenters. The molecule has 1 aliphatic rings. The topological polar surface area (TPSA) is 47.6 Å². The second-order valence-electron chi connectivity index (χ2n) is 4.04. The van der Waals surface area contributed by atoms with E-state index < -0.39 is 0 Å². The van der Waals surface area contributed by atoms with Gasteiger partial charge >= 0.3 is 0 Å². The lowest BCUT2D eigenvalue weighted by Crippen LogP contribution is -2.40. The fraction of sp³-hybridized carbons (Fsp3) is 0.462. The quantitative estimate of drug-likeness (QED) is 0.882. The van der Waals surface area contributed by atoms with Crippen LogP contribution >= 0.6 is 11.8 Å². The molecule has 0 fully saturated rings. The van der Waals surface area contributed by atoms with Crippen LogP contribution < -0.4 is 14.8 Å². The summed E-state index contributed by atoms with van der Waals surface area (Å²) >= 11 is 1.67. The van der Waals surface area contributed by atoms with E-state index in [0.29, 0.717) is 19.6 Å². The SMILES string of the molecule is CSCCC(=O)NCC1COc2ccccc2O1. The predicted molar refractivity (Wildman–Crippen MR) is 72.4 cm³/mol. The Labute approximate surface area is 111 Å². The molecule has 0 bridgehead atoms. The second kappa shape index (κ2) is 6.54. The lowest BCUT2D eigenvalue weighted by atomic mass is 10.2. The Morgan fingerprint density at radius 3 is 3.00 bits per heavy atom. The van der Waals surface area contributed by atoms with Gasteiger partial charge in [0.25, 0.3) is 0 Å². The van der Waals surface area contributed by atoms with E-state index in [1.165, 1.54) is 0 Å². The van der Waals surface area contributed by atoms with Gasteiger partial charge in [-0.05, 0) is 18.4 Å². The number of hydrogen-bond acceptors (Lipinski definition) is 4. The Kier molecular flexibility index (Phi) is 4.75. The molecular weight excluding hydrogens is 250 g/mol. The zero-order chi connectivity index (χ0) is 12.8. The number of thioether (sulfide) groups is 1. The van der Waals surface area contributed by atoms with E-state index in [2.05, 4.69) is 5.32 Å². The minimum atomic E-state index is -0.113. The molecule has 0 saturated heterocycles. The van der Waals surface area contributed by atoms with Gasteiger partial charge in [0.15, 0.2) is 11.5 Å². The summed E-state index contributed by atoms with van der Waals surface area (Å²) in [7, 11) is 0. The van der Waals surface area contributed by atoms with Gasteiger partial charge in [0, 0.05) is 12.2 Å². The summed E-state index contributed by atoms with van der Waals surface area (Å²) in [5, 5.41) is 2.86. The molecule has 18 heavy (non-hydrogen) atoms. The monoisotopic (exact) mass is 267 g/mol. The van der Waals surface area contributed by atoms with Gasteiger partial charge in [0.1, 0.15) is 12.7 Å². The van der Waals surface area contributed by atoms with Crippen LogP contribution in [0.3, 0.4) is 0 Å². The van der Waals surface area contributed by atoms with E-state index in [4.69, 9.17) is 9.47 Å². The molecule has 1 amide bonds. The van der Waals surface area contributed by atoms with E-state index in [1.807, 2.05) is 30.5 Å². The highest BCUT2D eigenvalue weighted by molar-refractivity contribution is 7.98. The normalized spacial score (nSPS) is 17.3. The first-order valence-corrected chi connectivity index (χ1v) is 7.33. The number of hydrogen-bond donors (Lipinski definition) is 1. The van der Waals surface area contributed by atoms with Crippen LogP contribution in [0, 0.1) is 0 Å². The van der Waals surface area contributed by atoms with Crippen molar-refractivity contribution in [2.75, 3.05) is 25.2 Å². The van der Waals surface area contributed by atoms with Crippen LogP contribution in [0.2, 0.25) is 0 Å². The van der Waals surface area contributed by atoms with Crippen molar-refractivity contribution in [3.8, 4) is 11.5 Å². The Balaban J connectivity index is 1.78. The van der Waals surface area contributed by atoms with Crippen molar-refractivity contribution in [3.63, 3.8) is 0 Å². The third kappa shape index (κ3) is 3.57. The molecule has 0 radical (unpaired) electrons. The molecule has 5 heteroatoms. The maximum absolute atomic E-state index is 11.5. The average Bonchev–Trinajstić information content (AvgIpc) is 2.42. The first-order chi connectivity index (χ1) is 8.79. The number of ether oxygens (including phenoxy) is 2. The molecule has 0 aliphatic carbocycles. The number of nitrogens with one attached hydrogen (secondary N) is 1. The molecule has 1 heterocycles. The highest BCUT2D eigenvalue weighted by Gasteiger charge is 2.20. The fourth-order valence-electron chi connectivity index (χ4n) is 1.67. The highest BCUT2D eigenvalue weighted by atomic mass is 32.2. The van der Waals surface area contributed by atoms with Gasteiger partial charge in [-0.2, -0.15) is 11.8 Å². The molecule has 1 atom stereocenters. The van der Waals surface area contributed by atoms with Gasteiger partial charge in [-0.1, -0.05) is 12.1 Å². The Morgan fingerprint density at radius 1 is 1.44 bits per heavy atom. The molecule has 0 spiro atoms. The van der Waals surface area contributed by atoms with Crippen molar-refractivity contribution in [2.45, 2.75) is 12.5 Å². The Morgan fingerprint density at radius 2 is 2.22 bits per heavy atom. The van der Waals surface area contributed by atoms with Crippen LogP contribution in [0.4, 0.5) is 0 Å². The molecule has 1 N–H and O–H groups in total. The average molecular weight is 267 g/mol. The summed E-state index contributed by atoms with van der Waals surface area (Å²) in [6.07, 6.45) is 2.42. The number of carbonyl (C=O) groups is 1. The van der Waals surface area contributed by atoms with E-state index in [0.717, 1.165) is 17.3 Å². The highest BCUT2D eigenvalue weighted by Crippen LogP contribution is 2.30. The number of amides is 1. The third-order valence-electron chi connectivity index (χ3n) is 2.63. The van der Waals surface area contributed by atoms with Crippen molar-refractivity contribution in [3.05, 3.63) is 24.3 Å². The molecule has 1 aromatic rings. The zero-order valence-electron chi connectivity index (χ0n) is 10.3.